The van der Waals surface area contributed by atoms with Gasteiger partial charge in [0.2, 0.25) is 11.8 Å². The van der Waals surface area contributed by atoms with Gasteiger partial charge >= 0.3 is 0 Å². The fourth-order valence-corrected chi connectivity index (χ4v) is 4.14. The van der Waals surface area contributed by atoms with E-state index in [0.717, 1.165) is 28.1 Å². The topological polar surface area (TPSA) is 98.1 Å². The SMILES string of the molecule is CCn1c(CC(=O)Nc2ccc(C)cc2C)nnc1SCC(=O)NCc1ccc(OC)cc1. The van der Waals surface area contributed by atoms with Crippen LogP contribution < -0.4 is 15.4 Å². The molecule has 2 aromatic carbocycles. The standard InChI is InChI=1S/C24H29N5O3S/c1-5-29-21(13-22(30)26-20-11-6-16(2)12-17(20)3)27-28-24(29)33-15-23(31)25-14-18-7-9-19(32-4)10-8-18/h6-12H,5,13-15H2,1-4H3,(H,25,31)(H,26,30). The van der Waals surface area contributed by atoms with Gasteiger partial charge in [0.1, 0.15) is 11.6 Å². The summed E-state index contributed by atoms with van der Waals surface area (Å²) in [5, 5.41) is 14.8. The van der Waals surface area contributed by atoms with E-state index in [0.29, 0.717) is 24.1 Å². The van der Waals surface area contributed by atoms with Gasteiger partial charge in [0.05, 0.1) is 19.3 Å². The van der Waals surface area contributed by atoms with E-state index in [1.165, 1.54) is 11.8 Å². The molecule has 0 fully saturated rings. The molecule has 8 nitrogen and oxygen atoms in total. The molecular formula is C24H29N5O3S. The average molecular weight is 468 g/mol. The Labute approximate surface area is 198 Å². The van der Waals surface area contributed by atoms with Crippen LogP contribution in [0.1, 0.15) is 29.4 Å². The molecule has 0 atom stereocenters. The zero-order valence-corrected chi connectivity index (χ0v) is 20.2. The van der Waals surface area contributed by atoms with Crippen LogP contribution in [0, 0.1) is 13.8 Å². The van der Waals surface area contributed by atoms with Crippen molar-refractivity contribution in [3.8, 4) is 5.75 Å². The number of methoxy groups -OCH3 is 1. The number of carbonyl (C=O) groups excluding carboxylic acids is 2. The molecule has 0 unspecified atom stereocenters. The minimum absolute atomic E-state index is 0.101. The molecule has 0 spiro atoms. The molecule has 0 aliphatic carbocycles. The summed E-state index contributed by atoms with van der Waals surface area (Å²) in [4.78, 5) is 24.8. The molecule has 2 N–H and O–H groups in total. The van der Waals surface area contributed by atoms with Gasteiger partial charge in [0, 0.05) is 18.8 Å². The lowest BCUT2D eigenvalue weighted by molar-refractivity contribution is -0.118. The highest BCUT2D eigenvalue weighted by Crippen LogP contribution is 2.19. The smallest absolute Gasteiger partial charge is 0.232 e. The number of benzene rings is 2. The van der Waals surface area contributed by atoms with Crippen molar-refractivity contribution in [1.29, 1.82) is 0 Å². The molecule has 1 aromatic heterocycles. The second kappa shape index (κ2) is 11.5. The van der Waals surface area contributed by atoms with E-state index in [-0.39, 0.29) is 24.0 Å². The van der Waals surface area contributed by atoms with Crippen molar-refractivity contribution in [3.05, 3.63) is 65.0 Å². The largest absolute Gasteiger partial charge is 0.497 e. The first-order valence-electron chi connectivity index (χ1n) is 10.7. The summed E-state index contributed by atoms with van der Waals surface area (Å²) in [6.07, 6.45) is 0.110. The molecule has 3 rings (SSSR count). The lowest BCUT2D eigenvalue weighted by atomic mass is 10.1. The zero-order chi connectivity index (χ0) is 23.8. The number of anilines is 1. The third-order valence-corrected chi connectivity index (χ3v) is 6.03. The number of amides is 2. The summed E-state index contributed by atoms with van der Waals surface area (Å²) in [7, 11) is 1.62. The molecule has 33 heavy (non-hydrogen) atoms. The maximum absolute atomic E-state index is 12.6. The van der Waals surface area contributed by atoms with E-state index >= 15 is 0 Å². The van der Waals surface area contributed by atoms with Gasteiger partial charge in [-0.25, -0.2) is 0 Å². The van der Waals surface area contributed by atoms with Crippen LogP contribution in [0.5, 0.6) is 5.75 Å². The van der Waals surface area contributed by atoms with E-state index in [1.54, 1.807) is 7.11 Å². The first-order valence-corrected chi connectivity index (χ1v) is 11.7. The minimum atomic E-state index is -0.155. The quantitative estimate of drug-likeness (QED) is 0.443. The number of nitrogens with one attached hydrogen (secondary N) is 2. The van der Waals surface area contributed by atoms with Crippen molar-refractivity contribution < 1.29 is 14.3 Å². The van der Waals surface area contributed by atoms with Gasteiger partial charge in [-0.15, -0.1) is 10.2 Å². The number of nitrogens with zero attached hydrogens (tertiary/aromatic N) is 3. The number of aryl methyl sites for hydroxylation is 2. The van der Waals surface area contributed by atoms with Crippen molar-refractivity contribution >= 4 is 29.3 Å². The Kier molecular flexibility index (Phi) is 8.48. The summed E-state index contributed by atoms with van der Waals surface area (Å²) >= 11 is 1.30. The van der Waals surface area contributed by atoms with Crippen LogP contribution >= 0.6 is 11.8 Å². The highest BCUT2D eigenvalue weighted by Gasteiger charge is 2.16. The predicted molar refractivity (Wildman–Crippen MR) is 130 cm³/mol. The number of aromatic nitrogens is 3. The monoisotopic (exact) mass is 467 g/mol. The van der Waals surface area contributed by atoms with Crippen molar-refractivity contribution in [2.75, 3.05) is 18.2 Å². The number of rotatable bonds is 10. The number of carbonyl (C=O) groups is 2. The van der Waals surface area contributed by atoms with Crippen molar-refractivity contribution in [2.24, 2.45) is 0 Å². The van der Waals surface area contributed by atoms with Gasteiger partial charge in [-0.1, -0.05) is 41.6 Å². The van der Waals surface area contributed by atoms with Crippen molar-refractivity contribution in [1.82, 2.24) is 20.1 Å². The van der Waals surface area contributed by atoms with Crippen LogP contribution in [0.25, 0.3) is 0 Å². The van der Waals surface area contributed by atoms with Crippen LogP contribution in [-0.4, -0.2) is 39.4 Å². The Morgan fingerprint density at radius 1 is 1.06 bits per heavy atom. The van der Waals surface area contributed by atoms with Crippen LogP contribution in [0.3, 0.4) is 0 Å². The lowest BCUT2D eigenvalue weighted by Gasteiger charge is -2.10. The van der Waals surface area contributed by atoms with Gasteiger partial charge in [0.15, 0.2) is 5.16 Å². The second-order valence-electron chi connectivity index (χ2n) is 7.60. The Bertz CT molecular complexity index is 1110. The number of ether oxygens (including phenoxy) is 1. The van der Waals surface area contributed by atoms with Gasteiger partial charge in [-0.2, -0.15) is 0 Å². The number of hydrogen-bond acceptors (Lipinski definition) is 6. The molecule has 174 valence electrons. The van der Waals surface area contributed by atoms with Crippen molar-refractivity contribution in [2.45, 2.75) is 45.4 Å². The van der Waals surface area contributed by atoms with Gasteiger partial charge < -0.3 is 19.9 Å². The molecule has 0 aliphatic rings. The highest BCUT2D eigenvalue weighted by molar-refractivity contribution is 7.99. The molecule has 3 aromatic rings. The van der Waals surface area contributed by atoms with Crippen LogP contribution in [0.15, 0.2) is 47.6 Å². The number of thioether (sulfide) groups is 1. The molecule has 0 saturated heterocycles. The molecule has 0 aliphatic heterocycles. The fourth-order valence-electron chi connectivity index (χ4n) is 3.29. The third-order valence-electron chi connectivity index (χ3n) is 5.07. The second-order valence-corrected chi connectivity index (χ2v) is 8.54. The summed E-state index contributed by atoms with van der Waals surface area (Å²) in [5.74, 6) is 1.30. The Morgan fingerprint density at radius 2 is 1.82 bits per heavy atom. The van der Waals surface area contributed by atoms with Gasteiger partial charge in [-0.3, -0.25) is 9.59 Å². The highest BCUT2D eigenvalue weighted by atomic mass is 32.2. The molecule has 1 heterocycles. The van der Waals surface area contributed by atoms with Crippen LogP contribution in [0.2, 0.25) is 0 Å². The normalized spacial score (nSPS) is 10.7. The van der Waals surface area contributed by atoms with E-state index in [1.807, 2.05) is 67.8 Å². The average Bonchev–Trinajstić information content (AvgIpc) is 3.19. The van der Waals surface area contributed by atoms with E-state index in [2.05, 4.69) is 20.8 Å². The number of hydrogen-bond donors (Lipinski definition) is 2. The molecular weight excluding hydrogens is 438 g/mol. The first-order chi connectivity index (χ1) is 15.9. The van der Waals surface area contributed by atoms with Gasteiger partial charge in [-0.05, 0) is 50.1 Å². The summed E-state index contributed by atoms with van der Waals surface area (Å²) in [6.45, 7) is 6.98. The Hall–Kier alpha value is -3.33. The summed E-state index contributed by atoms with van der Waals surface area (Å²) in [5.41, 5.74) is 3.93. The summed E-state index contributed by atoms with van der Waals surface area (Å²) < 4.78 is 7.00. The van der Waals surface area contributed by atoms with E-state index in [4.69, 9.17) is 4.74 Å². The minimum Gasteiger partial charge on any atom is -0.497 e. The molecule has 2 amide bonds. The predicted octanol–water partition coefficient (Wildman–Crippen LogP) is 3.51. The summed E-state index contributed by atoms with van der Waals surface area (Å²) in [6, 6.07) is 13.4. The molecule has 9 heteroatoms. The maximum atomic E-state index is 12.6. The van der Waals surface area contributed by atoms with Crippen molar-refractivity contribution in [3.63, 3.8) is 0 Å². The van der Waals surface area contributed by atoms with Crippen LogP contribution in [-0.2, 0) is 29.1 Å². The van der Waals surface area contributed by atoms with Gasteiger partial charge in [0.25, 0.3) is 0 Å². The Balaban J connectivity index is 1.52. The third kappa shape index (κ3) is 6.82. The first kappa shape index (κ1) is 24.3. The van der Waals surface area contributed by atoms with E-state index in [9.17, 15) is 9.59 Å². The molecule has 0 bridgehead atoms. The maximum Gasteiger partial charge on any atom is 0.232 e. The molecule has 0 radical (unpaired) electrons. The lowest BCUT2D eigenvalue weighted by Crippen LogP contribution is -2.24. The fraction of sp³-hybridized carbons (Fsp3) is 0.333. The zero-order valence-electron chi connectivity index (χ0n) is 19.3. The molecule has 0 saturated carbocycles. The Morgan fingerprint density at radius 3 is 2.48 bits per heavy atom. The van der Waals surface area contributed by atoms with E-state index < -0.39 is 0 Å². The van der Waals surface area contributed by atoms with Crippen LogP contribution in [0.4, 0.5) is 5.69 Å².